The summed E-state index contributed by atoms with van der Waals surface area (Å²) in [6.07, 6.45) is 2.86. The van der Waals surface area contributed by atoms with Crippen molar-refractivity contribution in [1.29, 1.82) is 0 Å². The summed E-state index contributed by atoms with van der Waals surface area (Å²) in [7, 11) is 3.66. The SMILES string of the molecule is C=CCC(NC)c1ccc(OC)c(C)c1. The van der Waals surface area contributed by atoms with Gasteiger partial charge in [0.2, 0.25) is 0 Å². The number of nitrogens with one attached hydrogen (secondary N) is 1. The molecule has 1 aromatic carbocycles. The smallest absolute Gasteiger partial charge is 0.121 e. The first-order valence-corrected chi connectivity index (χ1v) is 5.15. The predicted octanol–water partition coefficient (Wildman–Crippen LogP) is 2.84. The van der Waals surface area contributed by atoms with E-state index < -0.39 is 0 Å². The lowest BCUT2D eigenvalue weighted by Gasteiger charge is -2.16. The van der Waals surface area contributed by atoms with Gasteiger partial charge < -0.3 is 10.1 Å². The van der Waals surface area contributed by atoms with Gasteiger partial charge >= 0.3 is 0 Å². The average molecular weight is 205 g/mol. The van der Waals surface area contributed by atoms with Crippen LogP contribution < -0.4 is 10.1 Å². The second-order valence-electron chi connectivity index (χ2n) is 3.59. The molecule has 0 heterocycles. The number of hydrogen-bond donors (Lipinski definition) is 1. The molecule has 0 saturated heterocycles. The van der Waals surface area contributed by atoms with Crippen molar-refractivity contribution in [2.24, 2.45) is 0 Å². The zero-order valence-electron chi connectivity index (χ0n) is 9.71. The number of methoxy groups -OCH3 is 1. The molecule has 1 unspecified atom stereocenters. The highest BCUT2D eigenvalue weighted by Gasteiger charge is 2.08. The number of aryl methyl sites for hydroxylation is 1. The molecule has 1 atom stereocenters. The molecule has 15 heavy (non-hydrogen) atoms. The zero-order valence-corrected chi connectivity index (χ0v) is 9.71. The minimum absolute atomic E-state index is 0.340. The summed E-state index contributed by atoms with van der Waals surface area (Å²) in [5, 5.41) is 3.27. The lowest BCUT2D eigenvalue weighted by Crippen LogP contribution is -2.15. The first kappa shape index (κ1) is 11.8. The van der Waals surface area contributed by atoms with Gasteiger partial charge in [-0.05, 0) is 37.6 Å². The maximum absolute atomic E-state index is 5.23. The molecule has 0 aliphatic heterocycles. The predicted molar refractivity (Wildman–Crippen MR) is 64.3 cm³/mol. The fourth-order valence-electron chi connectivity index (χ4n) is 1.71. The molecule has 0 aromatic heterocycles. The Labute approximate surface area is 92.0 Å². The third-order valence-electron chi connectivity index (χ3n) is 2.57. The first-order valence-electron chi connectivity index (χ1n) is 5.15. The van der Waals surface area contributed by atoms with Gasteiger partial charge in [0.15, 0.2) is 0 Å². The first-order chi connectivity index (χ1) is 7.22. The van der Waals surface area contributed by atoms with Gasteiger partial charge in [0.05, 0.1) is 7.11 Å². The second-order valence-corrected chi connectivity index (χ2v) is 3.59. The highest BCUT2D eigenvalue weighted by Crippen LogP contribution is 2.24. The largest absolute Gasteiger partial charge is 0.496 e. The second kappa shape index (κ2) is 5.56. The molecule has 0 aliphatic carbocycles. The molecule has 1 rings (SSSR count). The van der Waals surface area contributed by atoms with Gasteiger partial charge in [-0.3, -0.25) is 0 Å². The maximum atomic E-state index is 5.23. The van der Waals surface area contributed by atoms with Crippen LogP contribution in [0.3, 0.4) is 0 Å². The van der Waals surface area contributed by atoms with Crippen LogP contribution in [0.25, 0.3) is 0 Å². The van der Waals surface area contributed by atoms with E-state index in [1.807, 2.05) is 19.2 Å². The molecule has 0 fully saturated rings. The molecule has 0 aliphatic rings. The van der Waals surface area contributed by atoms with Crippen molar-refractivity contribution in [2.45, 2.75) is 19.4 Å². The fourth-order valence-corrected chi connectivity index (χ4v) is 1.71. The Kier molecular flexibility index (Phi) is 4.37. The number of rotatable bonds is 5. The van der Waals surface area contributed by atoms with Gasteiger partial charge in [-0.25, -0.2) is 0 Å². The summed E-state index contributed by atoms with van der Waals surface area (Å²) >= 11 is 0. The standard InChI is InChI=1S/C13H19NO/c1-5-6-12(14-3)11-7-8-13(15-4)10(2)9-11/h5,7-9,12,14H,1,6H2,2-4H3. The minimum Gasteiger partial charge on any atom is -0.496 e. The highest BCUT2D eigenvalue weighted by molar-refractivity contribution is 5.37. The zero-order chi connectivity index (χ0) is 11.3. The molecule has 0 spiro atoms. The summed E-state index contributed by atoms with van der Waals surface area (Å²) in [6, 6.07) is 6.60. The quantitative estimate of drug-likeness (QED) is 0.746. The molecule has 0 radical (unpaired) electrons. The highest BCUT2D eigenvalue weighted by atomic mass is 16.5. The summed E-state index contributed by atoms with van der Waals surface area (Å²) in [6.45, 7) is 5.82. The lowest BCUT2D eigenvalue weighted by atomic mass is 10.0. The van der Waals surface area contributed by atoms with Crippen LogP contribution in [0.5, 0.6) is 5.75 Å². The number of hydrogen-bond acceptors (Lipinski definition) is 2. The third-order valence-corrected chi connectivity index (χ3v) is 2.57. The van der Waals surface area contributed by atoms with Gasteiger partial charge in [0.25, 0.3) is 0 Å². The maximum Gasteiger partial charge on any atom is 0.121 e. The monoisotopic (exact) mass is 205 g/mol. The van der Waals surface area contributed by atoms with Gasteiger partial charge in [0, 0.05) is 6.04 Å². The van der Waals surface area contributed by atoms with E-state index in [2.05, 4.69) is 31.0 Å². The Balaban J connectivity index is 2.94. The molecule has 0 amide bonds. The van der Waals surface area contributed by atoms with E-state index in [9.17, 15) is 0 Å². The summed E-state index contributed by atoms with van der Waals surface area (Å²) in [5.41, 5.74) is 2.44. The molecule has 1 N–H and O–H groups in total. The van der Waals surface area contributed by atoms with E-state index in [-0.39, 0.29) is 0 Å². The van der Waals surface area contributed by atoms with Crippen molar-refractivity contribution in [1.82, 2.24) is 5.32 Å². The van der Waals surface area contributed by atoms with E-state index in [0.717, 1.165) is 12.2 Å². The Morgan fingerprint density at radius 2 is 2.27 bits per heavy atom. The summed E-state index contributed by atoms with van der Waals surface area (Å²) in [5.74, 6) is 0.937. The van der Waals surface area contributed by atoms with Crippen LogP contribution in [-0.2, 0) is 0 Å². The van der Waals surface area contributed by atoms with Crippen molar-refractivity contribution in [3.05, 3.63) is 42.0 Å². The van der Waals surface area contributed by atoms with E-state index in [0.29, 0.717) is 6.04 Å². The molecular formula is C13H19NO. The molecule has 0 bridgehead atoms. The van der Waals surface area contributed by atoms with Crippen LogP contribution in [0.2, 0.25) is 0 Å². The average Bonchev–Trinajstić information content (AvgIpc) is 2.25. The molecular weight excluding hydrogens is 186 g/mol. The van der Waals surface area contributed by atoms with E-state index in [1.54, 1.807) is 7.11 Å². The molecule has 0 saturated carbocycles. The Hall–Kier alpha value is -1.28. The van der Waals surface area contributed by atoms with Crippen LogP contribution in [0.4, 0.5) is 0 Å². The van der Waals surface area contributed by atoms with Crippen LogP contribution in [0, 0.1) is 6.92 Å². The summed E-state index contributed by atoms with van der Waals surface area (Å²) < 4.78 is 5.23. The van der Waals surface area contributed by atoms with Crippen molar-refractivity contribution < 1.29 is 4.74 Å². The topological polar surface area (TPSA) is 21.3 Å². The Bertz CT molecular complexity index is 333. The van der Waals surface area contributed by atoms with Crippen molar-refractivity contribution in [3.8, 4) is 5.75 Å². The van der Waals surface area contributed by atoms with E-state index in [4.69, 9.17) is 4.74 Å². The van der Waals surface area contributed by atoms with Crippen LogP contribution in [-0.4, -0.2) is 14.2 Å². The van der Waals surface area contributed by atoms with Crippen molar-refractivity contribution >= 4 is 0 Å². The molecule has 2 nitrogen and oxygen atoms in total. The number of benzene rings is 1. The van der Waals surface area contributed by atoms with E-state index >= 15 is 0 Å². The van der Waals surface area contributed by atoms with Gasteiger partial charge in [-0.1, -0.05) is 18.2 Å². The summed E-state index contributed by atoms with van der Waals surface area (Å²) in [4.78, 5) is 0. The Morgan fingerprint density at radius 1 is 1.53 bits per heavy atom. The lowest BCUT2D eigenvalue weighted by molar-refractivity contribution is 0.411. The normalized spacial score (nSPS) is 12.2. The Morgan fingerprint density at radius 3 is 2.73 bits per heavy atom. The van der Waals surface area contributed by atoms with Crippen molar-refractivity contribution in [2.75, 3.05) is 14.2 Å². The fraction of sp³-hybridized carbons (Fsp3) is 0.385. The van der Waals surface area contributed by atoms with Gasteiger partial charge in [-0.15, -0.1) is 6.58 Å². The number of ether oxygens (including phenoxy) is 1. The molecule has 1 aromatic rings. The van der Waals surface area contributed by atoms with Crippen LogP contribution in [0.1, 0.15) is 23.6 Å². The van der Waals surface area contributed by atoms with Crippen molar-refractivity contribution in [3.63, 3.8) is 0 Å². The van der Waals surface area contributed by atoms with Gasteiger partial charge in [-0.2, -0.15) is 0 Å². The third kappa shape index (κ3) is 2.83. The van der Waals surface area contributed by atoms with Gasteiger partial charge in [0.1, 0.15) is 5.75 Å². The minimum atomic E-state index is 0.340. The molecule has 2 heteroatoms. The van der Waals surface area contributed by atoms with Crippen LogP contribution >= 0.6 is 0 Å². The van der Waals surface area contributed by atoms with E-state index in [1.165, 1.54) is 11.1 Å². The molecule has 82 valence electrons. The van der Waals surface area contributed by atoms with Crippen LogP contribution in [0.15, 0.2) is 30.9 Å².